The van der Waals surface area contributed by atoms with E-state index in [1.165, 1.54) is 12.8 Å². The average Bonchev–Trinajstić information content (AvgIpc) is 3.08. The Kier molecular flexibility index (Phi) is 3.97. The molecule has 1 aromatic heterocycles. The van der Waals surface area contributed by atoms with Crippen LogP contribution in [0.4, 0.5) is 0 Å². The molecule has 1 aliphatic rings. The van der Waals surface area contributed by atoms with Gasteiger partial charge in [0.25, 0.3) is 0 Å². The van der Waals surface area contributed by atoms with Gasteiger partial charge < -0.3 is 5.73 Å². The van der Waals surface area contributed by atoms with E-state index in [9.17, 15) is 0 Å². The summed E-state index contributed by atoms with van der Waals surface area (Å²) in [6, 6.07) is 6.03. The zero-order chi connectivity index (χ0) is 13.0. The molecule has 0 saturated heterocycles. The number of rotatable bonds is 7. The predicted octanol–water partition coefficient (Wildman–Crippen LogP) is 2.01. The highest BCUT2D eigenvalue weighted by Gasteiger charge is 2.43. The number of nitrogens with zero attached hydrogens (tertiary/aromatic N) is 2. The van der Waals surface area contributed by atoms with Crippen LogP contribution in [0.3, 0.4) is 0 Å². The second-order valence-corrected chi connectivity index (χ2v) is 5.33. The molecule has 1 aromatic rings. The first-order valence-electron chi connectivity index (χ1n) is 6.59. The second-order valence-electron chi connectivity index (χ2n) is 5.33. The summed E-state index contributed by atoms with van der Waals surface area (Å²) in [7, 11) is 0. The lowest BCUT2D eigenvalue weighted by Gasteiger charge is -2.25. The van der Waals surface area contributed by atoms with Gasteiger partial charge in [-0.15, -0.1) is 0 Å². The Morgan fingerprint density at radius 3 is 2.78 bits per heavy atom. The van der Waals surface area contributed by atoms with Gasteiger partial charge in [0.15, 0.2) is 0 Å². The molecule has 1 saturated carbocycles. The number of nitrogens with one attached hydrogen (secondary N) is 1. The van der Waals surface area contributed by atoms with Crippen LogP contribution in [0.2, 0.25) is 0 Å². The van der Waals surface area contributed by atoms with E-state index in [4.69, 9.17) is 11.1 Å². The number of hydrogen-bond acceptors (Lipinski definition) is 3. The summed E-state index contributed by atoms with van der Waals surface area (Å²) in [5, 5.41) is 7.46. The Balaban J connectivity index is 1.92. The topological polar surface area (TPSA) is 66.0 Å². The molecule has 0 aliphatic heterocycles. The molecule has 0 unspecified atom stereocenters. The van der Waals surface area contributed by atoms with E-state index in [1.54, 1.807) is 0 Å². The standard InChI is InChI=1S/C14H22N4/c1-2-18(10-12-5-3-4-8-17-12)11-14(6-7-14)9-13(15)16/h3-5,8H,2,6-7,9-11H2,1H3,(H3,15,16). The average molecular weight is 246 g/mol. The zero-order valence-corrected chi connectivity index (χ0v) is 11.0. The minimum absolute atomic E-state index is 0.274. The highest BCUT2D eigenvalue weighted by Crippen LogP contribution is 2.49. The molecule has 2 rings (SSSR count). The number of nitrogens with two attached hydrogens (primary N) is 1. The van der Waals surface area contributed by atoms with Crippen LogP contribution in [-0.4, -0.2) is 28.8 Å². The summed E-state index contributed by atoms with van der Waals surface area (Å²) >= 11 is 0. The van der Waals surface area contributed by atoms with Gasteiger partial charge in [0.05, 0.1) is 11.5 Å². The van der Waals surface area contributed by atoms with Crippen molar-refractivity contribution in [3.63, 3.8) is 0 Å². The summed E-state index contributed by atoms with van der Waals surface area (Å²) < 4.78 is 0. The van der Waals surface area contributed by atoms with Gasteiger partial charge in [-0.3, -0.25) is 15.3 Å². The van der Waals surface area contributed by atoms with E-state index in [1.807, 2.05) is 18.3 Å². The Morgan fingerprint density at radius 1 is 1.50 bits per heavy atom. The number of amidine groups is 1. The van der Waals surface area contributed by atoms with E-state index in [0.29, 0.717) is 5.84 Å². The summed E-state index contributed by atoms with van der Waals surface area (Å²) in [6.45, 7) is 5.10. The van der Waals surface area contributed by atoms with Gasteiger partial charge >= 0.3 is 0 Å². The molecular formula is C14H22N4. The predicted molar refractivity (Wildman–Crippen MR) is 73.4 cm³/mol. The Morgan fingerprint density at radius 2 is 2.28 bits per heavy atom. The van der Waals surface area contributed by atoms with Crippen LogP contribution < -0.4 is 5.73 Å². The minimum atomic E-state index is 0.274. The van der Waals surface area contributed by atoms with Crippen molar-refractivity contribution in [2.75, 3.05) is 13.1 Å². The maximum absolute atomic E-state index is 7.46. The van der Waals surface area contributed by atoms with E-state index in [0.717, 1.165) is 31.7 Å². The zero-order valence-electron chi connectivity index (χ0n) is 11.0. The highest BCUT2D eigenvalue weighted by atomic mass is 15.1. The van der Waals surface area contributed by atoms with Crippen LogP contribution in [0.25, 0.3) is 0 Å². The number of hydrogen-bond donors (Lipinski definition) is 2. The van der Waals surface area contributed by atoms with Crippen LogP contribution in [0.1, 0.15) is 31.9 Å². The third kappa shape index (κ3) is 3.53. The van der Waals surface area contributed by atoms with Crippen molar-refractivity contribution in [2.45, 2.75) is 32.7 Å². The molecule has 1 heterocycles. The molecule has 4 nitrogen and oxygen atoms in total. The molecule has 0 aromatic carbocycles. The van der Waals surface area contributed by atoms with Crippen molar-refractivity contribution >= 4 is 5.84 Å². The molecule has 4 heteroatoms. The van der Waals surface area contributed by atoms with E-state index in [-0.39, 0.29) is 5.41 Å². The lowest BCUT2D eigenvalue weighted by molar-refractivity contribution is 0.222. The van der Waals surface area contributed by atoms with E-state index in [2.05, 4.69) is 22.9 Å². The van der Waals surface area contributed by atoms with Crippen molar-refractivity contribution < 1.29 is 0 Å². The van der Waals surface area contributed by atoms with Gasteiger partial charge in [-0.2, -0.15) is 0 Å². The van der Waals surface area contributed by atoms with Crippen LogP contribution >= 0.6 is 0 Å². The van der Waals surface area contributed by atoms with Gasteiger partial charge in [0, 0.05) is 25.7 Å². The fourth-order valence-electron chi connectivity index (χ4n) is 2.45. The lowest BCUT2D eigenvalue weighted by Crippen LogP contribution is -2.32. The molecule has 0 radical (unpaired) electrons. The van der Waals surface area contributed by atoms with Gasteiger partial charge in [0.1, 0.15) is 0 Å². The molecule has 0 amide bonds. The summed E-state index contributed by atoms with van der Waals surface area (Å²) in [5.74, 6) is 0.321. The van der Waals surface area contributed by atoms with Crippen molar-refractivity contribution in [2.24, 2.45) is 11.1 Å². The molecule has 1 aliphatic carbocycles. The van der Waals surface area contributed by atoms with Crippen LogP contribution in [0.15, 0.2) is 24.4 Å². The fraction of sp³-hybridized carbons (Fsp3) is 0.571. The number of aromatic nitrogens is 1. The third-order valence-corrected chi connectivity index (χ3v) is 3.64. The first kappa shape index (κ1) is 13.0. The second kappa shape index (κ2) is 5.48. The summed E-state index contributed by atoms with van der Waals surface area (Å²) in [4.78, 5) is 6.77. The van der Waals surface area contributed by atoms with Crippen LogP contribution in [-0.2, 0) is 6.54 Å². The largest absolute Gasteiger partial charge is 0.388 e. The van der Waals surface area contributed by atoms with Crippen molar-refractivity contribution in [3.8, 4) is 0 Å². The highest BCUT2D eigenvalue weighted by molar-refractivity contribution is 5.78. The van der Waals surface area contributed by atoms with Gasteiger partial charge in [-0.05, 0) is 36.9 Å². The Bertz CT molecular complexity index is 398. The fourth-order valence-corrected chi connectivity index (χ4v) is 2.45. The Labute approximate surface area is 109 Å². The maximum atomic E-state index is 7.46. The Hall–Kier alpha value is -1.42. The molecular weight excluding hydrogens is 224 g/mol. The monoisotopic (exact) mass is 246 g/mol. The molecule has 0 atom stereocenters. The van der Waals surface area contributed by atoms with Crippen LogP contribution in [0, 0.1) is 10.8 Å². The van der Waals surface area contributed by atoms with Gasteiger partial charge in [0.2, 0.25) is 0 Å². The quantitative estimate of drug-likeness (QED) is 0.571. The van der Waals surface area contributed by atoms with Crippen molar-refractivity contribution in [1.82, 2.24) is 9.88 Å². The molecule has 3 N–H and O–H groups in total. The first-order chi connectivity index (χ1) is 8.63. The molecule has 0 spiro atoms. The number of pyridine rings is 1. The maximum Gasteiger partial charge on any atom is 0.0911 e. The van der Waals surface area contributed by atoms with Crippen molar-refractivity contribution in [1.29, 1.82) is 5.41 Å². The SMILES string of the molecule is CCN(Cc1ccccn1)CC1(CC(=N)N)CC1. The minimum Gasteiger partial charge on any atom is -0.388 e. The van der Waals surface area contributed by atoms with Crippen molar-refractivity contribution in [3.05, 3.63) is 30.1 Å². The lowest BCUT2D eigenvalue weighted by atomic mass is 10.0. The molecule has 1 fully saturated rings. The molecule has 98 valence electrons. The first-order valence-corrected chi connectivity index (χ1v) is 6.59. The molecule has 18 heavy (non-hydrogen) atoms. The summed E-state index contributed by atoms with van der Waals surface area (Å²) in [6.07, 6.45) is 4.98. The molecule has 0 bridgehead atoms. The normalized spacial score (nSPS) is 16.8. The van der Waals surface area contributed by atoms with E-state index < -0.39 is 0 Å². The summed E-state index contributed by atoms with van der Waals surface area (Å²) in [5.41, 5.74) is 6.92. The van der Waals surface area contributed by atoms with Gasteiger partial charge in [-0.25, -0.2) is 0 Å². The smallest absolute Gasteiger partial charge is 0.0911 e. The van der Waals surface area contributed by atoms with E-state index >= 15 is 0 Å². The van der Waals surface area contributed by atoms with Gasteiger partial charge in [-0.1, -0.05) is 13.0 Å². The third-order valence-electron chi connectivity index (χ3n) is 3.64. The van der Waals surface area contributed by atoms with Crippen LogP contribution in [0.5, 0.6) is 0 Å².